The molecule has 0 aromatic carbocycles. The lowest BCUT2D eigenvalue weighted by Gasteiger charge is -2.21. The van der Waals surface area contributed by atoms with E-state index in [0.29, 0.717) is 17.9 Å². The van der Waals surface area contributed by atoms with Crippen LogP contribution in [-0.2, 0) is 6.54 Å². The zero-order valence-corrected chi connectivity index (χ0v) is 11.5. The molecule has 0 saturated heterocycles. The van der Waals surface area contributed by atoms with E-state index in [-0.39, 0.29) is 10.5 Å². The average molecular weight is 257 g/mol. The summed E-state index contributed by atoms with van der Waals surface area (Å²) in [5.41, 5.74) is 0.665. The molecule has 0 amide bonds. The molecule has 1 aromatic rings. The molecule has 0 saturated carbocycles. The van der Waals surface area contributed by atoms with Gasteiger partial charge in [-0.25, -0.2) is 4.79 Å². The third-order valence-electron chi connectivity index (χ3n) is 2.57. The van der Waals surface area contributed by atoms with Gasteiger partial charge in [-0.05, 0) is 33.1 Å². The maximum absolute atomic E-state index is 10.8. The van der Waals surface area contributed by atoms with Gasteiger partial charge < -0.3 is 14.8 Å². The maximum atomic E-state index is 10.8. The minimum absolute atomic E-state index is 0.0333. The van der Waals surface area contributed by atoms with E-state index in [0.717, 1.165) is 6.54 Å². The molecule has 1 heterocycles. The second-order valence-electron chi connectivity index (χ2n) is 4.60. The fourth-order valence-corrected chi connectivity index (χ4v) is 1.65. The van der Waals surface area contributed by atoms with E-state index in [1.165, 1.54) is 0 Å². The van der Waals surface area contributed by atoms with Crippen LogP contribution in [0.4, 0.5) is 0 Å². The fourth-order valence-electron chi connectivity index (χ4n) is 1.41. The van der Waals surface area contributed by atoms with Crippen molar-refractivity contribution < 1.29 is 14.3 Å². The molecule has 0 aliphatic carbocycles. The van der Waals surface area contributed by atoms with Crippen LogP contribution in [0.2, 0.25) is 0 Å². The smallest absolute Gasteiger partial charge is 0.372 e. The quantitative estimate of drug-likeness (QED) is 0.820. The Morgan fingerprint density at radius 3 is 2.71 bits per heavy atom. The first kappa shape index (κ1) is 14.1. The lowest BCUT2D eigenvalue weighted by molar-refractivity contribution is 0.0659. The third kappa shape index (κ3) is 4.09. The van der Waals surface area contributed by atoms with Crippen molar-refractivity contribution in [3.05, 3.63) is 23.2 Å². The van der Waals surface area contributed by atoms with Crippen molar-refractivity contribution in [3.63, 3.8) is 0 Å². The van der Waals surface area contributed by atoms with Crippen LogP contribution in [0.1, 0.15) is 35.7 Å². The molecule has 96 valence electrons. The van der Waals surface area contributed by atoms with Gasteiger partial charge in [-0.1, -0.05) is 0 Å². The first-order valence-corrected chi connectivity index (χ1v) is 6.66. The van der Waals surface area contributed by atoms with Crippen molar-refractivity contribution >= 4 is 17.7 Å². The van der Waals surface area contributed by atoms with Gasteiger partial charge in [-0.3, -0.25) is 0 Å². The highest BCUT2D eigenvalue weighted by atomic mass is 32.2. The Hall–Kier alpha value is -0.940. The number of aryl methyl sites for hydroxylation is 1. The third-order valence-corrected chi connectivity index (χ3v) is 3.82. The normalized spacial score (nSPS) is 11.8. The van der Waals surface area contributed by atoms with Crippen molar-refractivity contribution in [2.45, 2.75) is 32.1 Å². The largest absolute Gasteiger partial charge is 0.475 e. The van der Waals surface area contributed by atoms with E-state index in [1.54, 1.807) is 24.8 Å². The number of rotatable bonds is 6. The highest BCUT2D eigenvalue weighted by molar-refractivity contribution is 7.99. The van der Waals surface area contributed by atoms with Gasteiger partial charge in [0, 0.05) is 16.9 Å². The van der Waals surface area contributed by atoms with Gasteiger partial charge >= 0.3 is 5.97 Å². The van der Waals surface area contributed by atoms with Crippen LogP contribution in [0, 0.1) is 6.92 Å². The molecule has 17 heavy (non-hydrogen) atoms. The molecule has 0 aliphatic rings. The molecule has 1 rings (SSSR count). The Labute approximate surface area is 106 Å². The molecular weight excluding hydrogens is 238 g/mol. The molecule has 0 unspecified atom stereocenters. The van der Waals surface area contributed by atoms with E-state index < -0.39 is 5.97 Å². The molecule has 0 bridgehead atoms. The Bertz CT molecular complexity index is 398. The molecule has 0 spiro atoms. The van der Waals surface area contributed by atoms with Gasteiger partial charge in [0.05, 0.1) is 6.54 Å². The molecule has 4 nitrogen and oxygen atoms in total. The lowest BCUT2D eigenvalue weighted by Crippen LogP contribution is -2.31. The number of furan rings is 1. The topological polar surface area (TPSA) is 62.5 Å². The van der Waals surface area contributed by atoms with Crippen molar-refractivity contribution in [3.8, 4) is 0 Å². The van der Waals surface area contributed by atoms with E-state index in [9.17, 15) is 4.79 Å². The van der Waals surface area contributed by atoms with Crippen LogP contribution in [0.25, 0.3) is 0 Å². The summed E-state index contributed by atoms with van der Waals surface area (Å²) in [5, 5.41) is 12.1. The summed E-state index contributed by atoms with van der Waals surface area (Å²) in [6.07, 6.45) is 2.07. The highest BCUT2D eigenvalue weighted by Gasteiger charge is 2.17. The van der Waals surface area contributed by atoms with Crippen LogP contribution in [0.3, 0.4) is 0 Å². The van der Waals surface area contributed by atoms with Gasteiger partial charge in [0.25, 0.3) is 0 Å². The van der Waals surface area contributed by atoms with Gasteiger partial charge in [0.15, 0.2) is 0 Å². The SMILES string of the molecule is CSC(C)(C)CNCc1cc(C)c(C(=O)O)o1. The number of aromatic carboxylic acids is 1. The predicted molar refractivity (Wildman–Crippen MR) is 69.7 cm³/mol. The van der Waals surface area contributed by atoms with Crippen molar-refractivity contribution in [1.82, 2.24) is 5.32 Å². The predicted octanol–water partition coefficient (Wildman–Crippen LogP) is 2.52. The van der Waals surface area contributed by atoms with Crippen LogP contribution in [0.5, 0.6) is 0 Å². The van der Waals surface area contributed by atoms with Crippen molar-refractivity contribution in [2.24, 2.45) is 0 Å². The monoisotopic (exact) mass is 257 g/mol. The van der Waals surface area contributed by atoms with Gasteiger partial charge in [-0.15, -0.1) is 0 Å². The highest BCUT2D eigenvalue weighted by Crippen LogP contribution is 2.20. The van der Waals surface area contributed by atoms with Crippen LogP contribution in [0.15, 0.2) is 10.5 Å². The van der Waals surface area contributed by atoms with Crippen molar-refractivity contribution in [1.29, 1.82) is 0 Å². The fraction of sp³-hybridized carbons (Fsp3) is 0.583. The average Bonchev–Trinajstić information content (AvgIpc) is 2.59. The molecule has 5 heteroatoms. The van der Waals surface area contributed by atoms with E-state index in [4.69, 9.17) is 9.52 Å². The summed E-state index contributed by atoms with van der Waals surface area (Å²) < 4.78 is 5.42. The van der Waals surface area contributed by atoms with Crippen LogP contribution in [-0.4, -0.2) is 28.6 Å². The Kier molecular flexibility index (Phi) is 4.65. The summed E-state index contributed by atoms with van der Waals surface area (Å²) in [4.78, 5) is 10.8. The second kappa shape index (κ2) is 5.60. The van der Waals surface area contributed by atoms with E-state index >= 15 is 0 Å². The van der Waals surface area contributed by atoms with E-state index in [1.807, 2.05) is 0 Å². The van der Waals surface area contributed by atoms with Crippen molar-refractivity contribution in [2.75, 3.05) is 12.8 Å². The molecule has 0 fully saturated rings. The summed E-state index contributed by atoms with van der Waals surface area (Å²) in [6.45, 7) is 7.44. The van der Waals surface area contributed by atoms with Gasteiger partial charge in [0.1, 0.15) is 5.76 Å². The van der Waals surface area contributed by atoms with Crippen LogP contribution >= 0.6 is 11.8 Å². The zero-order valence-electron chi connectivity index (χ0n) is 10.7. The molecule has 1 aromatic heterocycles. The number of carboxylic acid groups (broad SMARTS) is 1. The summed E-state index contributed by atoms with van der Waals surface area (Å²) in [7, 11) is 0. The second-order valence-corrected chi connectivity index (χ2v) is 6.11. The molecule has 0 aliphatic heterocycles. The summed E-state index contributed by atoms with van der Waals surface area (Å²) in [6, 6.07) is 1.77. The van der Waals surface area contributed by atoms with Gasteiger partial charge in [0.2, 0.25) is 5.76 Å². The zero-order chi connectivity index (χ0) is 13.1. The number of nitrogens with one attached hydrogen (secondary N) is 1. The van der Waals surface area contributed by atoms with Crippen LogP contribution < -0.4 is 5.32 Å². The number of carboxylic acids is 1. The number of thioether (sulfide) groups is 1. The number of carbonyl (C=O) groups is 1. The molecule has 0 radical (unpaired) electrons. The number of hydrogen-bond acceptors (Lipinski definition) is 4. The van der Waals surface area contributed by atoms with Gasteiger partial charge in [-0.2, -0.15) is 11.8 Å². The molecular formula is C12H19NO3S. The summed E-state index contributed by atoms with van der Waals surface area (Å²) in [5.74, 6) is -0.319. The number of hydrogen-bond donors (Lipinski definition) is 2. The lowest BCUT2D eigenvalue weighted by atomic mass is 10.2. The van der Waals surface area contributed by atoms with E-state index in [2.05, 4.69) is 25.4 Å². The minimum Gasteiger partial charge on any atom is -0.475 e. The molecule has 2 N–H and O–H groups in total. The molecule has 0 atom stereocenters. The Morgan fingerprint density at radius 2 is 2.24 bits per heavy atom. The Balaban J connectivity index is 2.53. The summed E-state index contributed by atoms with van der Waals surface area (Å²) >= 11 is 1.79. The minimum atomic E-state index is -1.02. The standard InChI is InChI=1S/C12H19NO3S/c1-8-5-9(16-10(8)11(14)15)6-13-7-12(2,3)17-4/h5,13H,6-7H2,1-4H3,(H,14,15). The first-order chi connectivity index (χ1) is 7.85. The Morgan fingerprint density at radius 1 is 1.59 bits per heavy atom. The first-order valence-electron chi connectivity index (χ1n) is 5.44. The maximum Gasteiger partial charge on any atom is 0.372 e.